The molecule has 1 aliphatic rings. The Morgan fingerprint density at radius 1 is 1.43 bits per heavy atom. The first-order valence-corrected chi connectivity index (χ1v) is 8.29. The molecule has 1 N–H and O–H groups in total. The second kappa shape index (κ2) is 6.16. The van der Waals surface area contributed by atoms with E-state index in [-0.39, 0.29) is 11.8 Å². The van der Waals surface area contributed by atoms with Crippen molar-refractivity contribution >= 4 is 28.8 Å². The number of hydrogen-bond donors (Lipinski definition) is 1. The first-order chi connectivity index (χ1) is 10.1. The predicted octanol–water partition coefficient (Wildman–Crippen LogP) is 3.57. The molecule has 2 aromatic rings. The van der Waals surface area contributed by atoms with Crippen molar-refractivity contribution in [3.8, 4) is 0 Å². The van der Waals surface area contributed by atoms with E-state index in [1.54, 1.807) is 0 Å². The molecule has 1 saturated carbocycles. The van der Waals surface area contributed by atoms with E-state index >= 15 is 0 Å². The number of halogens is 1. The summed E-state index contributed by atoms with van der Waals surface area (Å²) in [4.78, 5) is 16.5. The van der Waals surface area contributed by atoms with Crippen LogP contribution in [0.4, 0.5) is 0 Å². The van der Waals surface area contributed by atoms with Crippen molar-refractivity contribution in [3.05, 3.63) is 50.9 Å². The lowest BCUT2D eigenvalue weighted by molar-refractivity contribution is -0.122. The minimum absolute atomic E-state index is 0.133. The molecule has 21 heavy (non-hydrogen) atoms. The Kier molecular flexibility index (Phi) is 4.27. The third-order valence-corrected chi connectivity index (χ3v) is 5.29. The first kappa shape index (κ1) is 14.5. The Labute approximate surface area is 133 Å². The highest BCUT2D eigenvalue weighted by Gasteiger charge is 2.43. The summed E-state index contributed by atoms with van der Waals surface area (Å²) in [5.74, 6) is 0.681. The van der Waals surface area contributed by atoms with E-state index in [0.717, 1.165) is 27.9 Å². The van der Waals surface area contributed by atoms with Crippen LogP contribution in [0, 0.1) is 12.8 Å². The monoisotopic (exact) mass is 320 g/mol. The van der Waals surface area contributed by atoms with Gasteiger partial charge in [-0.15, -0.1) is 11.3 Å². The van der Waals surface area contributed by atoms with Crippen LogP contribution in [0.2, 0.25) is 4.34 Å². The van der Waals surface area contributed by atoms with Gasteiger partial charge in [0.15, 0.2) is 0 Å². The second-order valence-corrected chi connectivity index (χ2v) is 7.05. The highest BCUT2D eigenvalue weighted by molar-refractivity contribution is 7.16. The molecule has 0 spiro atoms. The third-order valence-electron chi connectivity index (χ3n) is 3.78. The van der Waals surface area contributed by atoms with Crippen LogP contribution in [0.3, 0.4) is 0 Å². The normalized spacial score (nSPS) is 20.3. The smallest absolute Gasteiger partial charge is 0.223 e. The number of carbonyl (C=O) groups excluding carboxylic acids is 1. The maximum Gasteiger partial charge on any atom is 0.223 e. The number of hydrogen-bond acceptors (Lipinski definition) is 3. The molecule has 0 unspecified atom stereocenters. The van der Waals surface area contributed by atoms with Crippen LogP contribution in [0.1, 0.15) is 28.6 Å². The number of aromatic nitrogens is 1. The second-order valence-electron chi connectivity index (χ2n) is 5.37. The van der Waals surface area contributed by atoms with Crippen molar-refractivity contribution in [2.45, 2.75) is 25.7 Å². The minimum Gasteiger partial charge on any atom is -0.355 e. The quantitative estimate of drug-likeness (QED) is 0.915. The number of benzene rings is 1. The van der Waals surface area contributed by atoms with Gasteiger partial charge in [-0.3, -0.25) is 4.79 Å². The van der Waals surface area contributed by atoms with Gasteiger partial charge < -0.3 is 5.32 Å². The summed E-state index contributed by atoms with van der Waals surface area (Å²) in [7, 11) is 0. The molecule has 5 heteroatoms. The Balaban J connectivity index is 1.46. The Bertz CT molecular complexity index is 621. The van der Waals surface area contributed by atoms with E-state index in [0.29, 0.717) is 12.5 Å². The van der Waals surface area contributed by atoms with Gasteiger partial charge in [-0.05, 0) is 24.8 Å². The molecule has 0 bridgehead atoms. The van der Waals surface area contributed by atoms with Crippen LogP contribution in [0.5, 0.6) is 0 Å². The number of thiazole rings is 1. The van der Waals surface area contributed by atoms with E-state index in [1.807, 2.05) is 25.1 Å². The summed E-state index contributed by atoms with van der Waals surface area (Å²) in [5.41, 5.74) is 2.13. The van der Waals surface area contributed by atoms with Crippen LogP contribution in [0.15, 0.2) is 30.3 Å². The summed E-state index contributed by atoms with van der Waals surface area (Å²) in [6.45, 7) is 2.52. The van der Waals surface area contributed by atoms with Gasteiger partial charge in [-0.25, -0.2) is 4.98 Å². The van der Waals surface area contributed by atoms with E-state index in [1.165, 1.54) is 16.9 Å². The van der Waals surface area contributed by atoms with Crippen LogP contribution in [0.25, 0.3) is 0 Å². The fraction of sp³-hybridized carbons (Fsp3) is 0.375. The molecule has 3 nitrogen and oxygen atoms in total. The summed E-state index contributed by atoms with van der Waals surface area (Å²) < 4.78 is 0.739. The number of carbonyl (C=O) groups is 1. The highest BCUT2D eigenvalue weighted by atomic mass is 35.5. The fourth-order valence-corrected chi connectivity index (χ4v) is 3.61. The van der Waals surface area contributed by atoms with Gasteiger partial charge in [-0.1, -0.05) is 41.9 Å². The number of nitrogens with one attached hydrogen (secondary N) is 1. The predicted molar refractivity (Wildman–Crippen MR) is 85.9 cm³/mol. The molecule has 1 aliphatic carbocycles. The van der Waals surface area contributed by atoms with Crippen molar-refractivity contribution in [2.24, 2.45) is 5.92 Å². The highest BCUT2D eigenvalue weighted by Crippen LogP contribution is 2.47. The number of rotatable bonds is 5. The van der Waals surface area contributed by atoms with Crippen molar-refractivity contribution in [3.63, 3.8) is 0 Å². The molecule has 1 aromatic heterocycles. The standard InChI is InChI=1S/C16H17ClN2OS/c1-10-15(17)21-14(19-10)7-8-18-16(20)13-9-12(13)11-5-3-2-4-6-11/h2-6,12-13H,7-9H2,1H3,(H,18,20)/t12-,13+/m0/s1. The van der Waals surface area contributed by atoms with Crippen LogP contribution < -0.4 is 5.32 Å². The average molecular weight is 321 g/mol. The molecular formula is C16H17ClN2OS. The van der Waals surface area contributed by atoms with Gasteiger partial charge in [0.25, 0.3) is 0 Å². The lowest BCUT2D eigenvalue weighted by Crippen LogP contribution is -2.27. The molecule has 3 rings (SSSR count). The number of amides is 1. The lowest BCUT2D eigenvalue weighted by Gasteiger charge is -2.03. The molecule has 0 saturated heterocycles. The van der Waals surface area contributed by atoms with E-state index in [2.05, 4.69) is 22.4 Å². The zero-order valence-electron chi connectivity index (χ0n) is 11.8. The molecule has 2 atom stereocenters. The minimum atomic E-state index is 0.133. The summed E-state index contributed by atoms with van der Waals surface area (Å²) >= 11 is 7.48. The maximum atomic E-state index is 12.1. The van der Waals surface area contributed by atoms with Gasteiger partial charge in [0.2, 0.25) is 5.91 Å². The Hall–Kier alpha value is -1.39. The first-order valence-electron chi connectivity index (χ1n) is 7.09. The largest absolute Gasteiger partial charge is 0.355 e. The lowest BCUT2D eigenvalue weighted by atomic mass is 10.1. The fourth-order valence-electron chi connectivity index (χ4n) is 2.52. The SMILES string of the molecule is Cc1nc(CCNC(=O)[C@@H]2C[C@H]2c2ccccc2)sc1Cl. The van der Waals surface area contributed by atoms with E-state index in [4.69, 9.17) is 11.6 Å². The van der Waals surface area contributed by atoms with Crippen LogP contribution in [-0.2, 0) is 11.2 Å². The summed E-state index contributed by atoms with van der Waals surface area (Å²) in [5, 5.41) is 3.99. The summed E-state index contributed by atoms with van der Waals surface area (Å²) in [6, 6.07) is 10.2. The molecule has 1 fully saturated rings. The molecule has 110 valence electrons. The van der Waals surface area contributed by atoms with Gasteiger partial charge in [0.1, 0.15) is 4.34 Å². The average Bonchev–Trinajstić information content (AvgIpc) is 3.22. The van der Waals surface area contributed by atoms with E-state index in [9.17, 15) is 4.79 Å². The Morgan fingerprint density at radius 3 is 2.86 bits per heavy atom. The molecule has 1 aromatic carbocycles. The van der Waals surface area contributed by atoms with Crippen molar-refractivity contribution in [2.75, 3.05) is 6.54 Å². The van der Waals surface area contributed by atoms with Crippen molar-refractivity contribution in [1.82, 2.24) is 10.3 Å². The molecular weight excluding hydrogens is 304 g/mol. The van der Waals surface area contributed by atoms with Gasteiger partial charge in [0, 0.05) is 18.9 Å². The molecule has 1 amide bonds. The zero-order valence-corrected chi connectivity index (χ0v) is 13.4. The third kappa shape index (κ3) is 3.44. The maximum absolute atomic E-state index is 12.1. The summed E-state index contributed by atoms with van der Waals surface area (Å²) in [6.07, 6.45) is 1.70. The van der Waals surface area contributed by atoms with Crippen molar-refractivity contribution in [1.29, 1.82) is 0 Å². The number of nitrogens with zero attached hydrogens (tertiary/aromatic N) is 1. The molecule has 0 aliphatic heterocycles. The molecule has 1 heterocycles. The van der Waals surface area contributed by atoms with Crippen LogP contribution >= 0.6 is 22.9 Å². The van der Waals surface area contributed by atoms with Crippen molar-refractivity contribution < 1.29 is 4.79 Å². The van der Waals surface area contributed by atoms with Gasteiger partial charge in [0.05, 0.1) is 10.7 Å². The zero-order chi connectivity index (χ0) is 14.8. The molecule has 0 radical (unpaired) electrons. The van der Waals surface area contributed by atoms with E-state index < -0.39 is 0 Å². The van der Waals surface area contributed by atoms with Crippen LogP contribution in [-0.4, -0.2) is 17.4 Å². The number of aryl methyl sites for hydroxylation is 1. The topological polar surface area (TPSA) is 42.0 Å². The van der Waals surface area contributed by atoms with Gasteiger partial charge in [-0.2, -0.15) is 0 Å². The van der Waals surface area contributed by atoms with Gasteiger partial charge >= 0.3 is 0 Å². The Morgan fingerprint density at radius 2 is 2.19 bits per heavy atom.